The maximum atomic E-state index is 12.2. The second-order valence-corrected chi connectivity index (χ2v) is 5.24. The highest BCUT2D eigenvalue weighted by molar-refractivity contribution is 5.89. The standard InChI is InChI=1S/C18H13N3O4/c22-17(18-20-11-16(24-18)12-5-2-1-3-6-12)19-10-13-9-15(25-21-13)14-7-4-8-23-14/h1-9,11H,10H2,(H,19,22). The molecule has 0 radical (unpaired) electrons. The van der Waals surface area contributed by atoms with Crippen molar-refractivity contribution in [1.82, 2.24) is 15.5 Å². The van der Waals surface area contributed by atoms with E-state index in [4.69, 9.17) is 13.4 Å². The molecule has 7 nitrogen and oxygen atoms in total. The number of rotatable bonds is 5. The number of amides is 1. The van der Waals surface area contributed by atoms with Gasteiger partial charge < -0.3 is 18.7 Å². The van der Waals surface area contributed by atoms with Gasteiger partial charge in [-0.1, -0.05) is 35.5 Å². The molecule has 3 aromatic heterocycles. The van der Waals surface area contributed by atoms with E-state index in [1.807, 2.05) is 30.3 Å². The van der Waals surface area contributed by atoms with E-state index >= 15 is 0 Å². The first-order valence-electron chi connectivity index (χ1n) is 7.58. The summed E-state index contributed by atoms with van der Waals surface area (Å²) in [5.41, 5.74) is 1.42. The lowest BCUT2D eigenvalue weighted by atomic mass is 10.2. The fourth-order valence-corrected chi connectivity index (χ4v) is 2.29. The number of benzene rings is 1. The van der Waals surface area contributed by atoms with Crippen molar-refractivity contribution in [3.05, 3.63) is 72.6 Å². The molecule has 4 rings (SSSR count). The largest absolute Gasteiger partial charge is 0.461 e. The minimum absolute atomic E-state index is 0.00592. The van der Waals surface area contributed by atoms with Crippen molar-refractivity contribution in [3.63, 3.8) is 0 Å². The number of oxazole rings is 1. The number of furan rings is 1. The predicted molar refractivity (Wildman–Crippen MR) is 87.3 cm³/mol. The van der Waals surface area contributed by atoms with Crippen molar-refractivity contribution in [2.45, 2.75) is 6.54 Å². The van der Waals surface area contributed by atoms with E-state index in [0.717, 1.165) is 5.56 Å². The Morgan fingerprint density at radius 3 is 2.72 bits per heavy atom. The van der Waals surface area contributed by atoms with Gasteiger partial charge in [-0.15, -0.1) is 0 Å². The Morgan fingerprint density at radius 1 is 1.04 bits per heavy atom. The summed E-state index contributed by atoms with van der Waals surface area (Å²) < 4.78 is 15.9. The van der Waals surface area contributed by atoms with Crippen LogP contribution in [0.2, 0.25) is 0 Å². The van der Waals surface area contributed by atoms with Gasteiger partial charge in [-0.2, -0.15) is 0 Å². The highest BCUT2D eigenvalue weighted by atomic mass is 16.5. The highest BCUT2D eigenvalue weighted by Crippen LogP contribution is 2.21. The monoisotopic (exact) mass is 335 g/mol. The molecule has 0 saturated heterocycles. The lowest BCUT2D eigenvalue weighted by molar-refractivity contribution is 0.0916. The quantitative estimate of drug-likeness (QED) is 0.599. The van der Waals surface area contributed by atoms with Crippen molar-refractivity contribution in [2.75, 3.05) is 0 Å². The van der Waals surface area contributed by atoms with Gasteiger partial charge in [0, 0.05) is 11.6 Å². The molecule has 124 valence electrons. The molecular formula is C18H13N3O4. The van der Waals surface area contributed by atoms with Gasteiger partial charge in [-0.25, -0.2) is 4.98 Å². The maximum absolute atomic E-state index is 12.2. The summed E-state index contributed by atoms with van der Waals surface area (Å²) in [6, 6.07) is 14.7. The Hall–Kier alpha value is -3.61. The molecule has 4 aromatic rings. The summed E-state index contributed by atoms with van der Waals surface area (Å²) in [6.45, 7) is 0.187. The Kier molecular flexibility index (Phi) is 3.88. The number of aromatic nitrogens is 2. The number of carbonyl (C=O) groups excluding carboxylic acids is 1. The first-order valence-corrected chi connectivity index (χ1v) is 7.58. The summed E-state index contributed by atoms with van der Waals surface area (Å²) in [5, 5.41) is 6.58. The average molecular weight is 335 g/mol. The normalized spacial score (nSPS) is 10.7. The minimum atomic E-state index is -0.426. The molecule has 0 atom stereocenters. The van der Waals surface area contributed by atoms with Gasteiger partial charge in [0.2, 0.25) is 5.76 Å². The van der Waals surface area contributed by atoms with Gasteiger partial charge in [-0.05, 0) is 12.1 Å². The first-order chi connectivity index (χ1) is 12.3. The molecule has 1 aromatic carbocycles. The van der Waals surface area contributed by atoms with Crippen LogP contribution in [0.25, 0.3) is 22.8 Å². The molecule has 1 amide bonds. The topological polar surface area (TPSA) is 94.3 Å². The van der Waals surface area contributed by atoms with Crippen LogP contribution in [0.5, 0.6) is 0 Å². The minimum Gasteiger partial charge on any atom is -0.461 e. The number of hydrogen-bond acceptors (Lipinski definition) is 6. The fourth-order valence-electron chi connectivity index (χ4n) is 2.29. The van der Waals surface area contributed by atoms with Crippen LogP contribution in [0.15, 0.2) is 74.3 Å². The lowest BCUT2D eigenvalue weighted by Gasteiger charge is -1.98. The van der Waals surface area contributed by atoms with E-state index in [9.17, 15) is 4.79 Å². The zero-order valence-corrected chi connectivity index (χ0v) is 13.0. The average Bonchev–Trinajstić information content (AvgIpc) is 3.41. The van der Waals surface area contributed by atoms with Crippen LogP contribution in [-0.4, -0.2) is 16.0 Å². The van der Waals surface area contributed by atoms with Crippen LogP contribution >= 0.6 is 0 Å². The summed E-state index contributed by atoms with van der Waals surface area (Å²) in [6.07, 6.45) is 3.07. The molecule has 0 spiro atoms. The molecule has 0 saturated carbocycles. The van der Waals surface area contributed by atoms with Crippen molar-refractivity contribution in [2.24, 2.45) is 0 Å². The second kappa shape index (κ2) is 6.48. The Bertz CT molecular complexity index is 971. The smallest absolute Gasteiger partial charge is 0.307 e. The van der Waals surface area contributed by atoms with Crippen molar-refractivity contribution in [1.29, 1.82) is 0 Å². The van der Waals surface area contributed by atoms with Crippen LogP contribution in [0.1, 0.15) is 16.4 Å². The Morgan fingerprint density at radius 2 is 1.92 bits per heavy atom. The number of carbonyl (C=O) groups is 1. The van der Waals surface area contributed by atoms with E-state index in [1.165, 1.54) is 6.20 Å². The zero-order chi connectivity index (χ0) is 17.1. The van der Waals surface area contributed by atoms with Crippen LogP contribution in [0.4, 0.5) is 0 Å². The van der Waals surface area contributed by atoms with Gasteiger partial charge in [0.25, 0.3) is 5.89 Å². The van der Waals surface area contributed by atoms with E-state index in [-0.39, 0.29) is 12.4 Å². The summed E-state index contributed by atoms with van der Waals surface area (Å²) in [5.74, 6) is 1.17. The third-order valence-electron chi connectivity index (χ3n) is 3.51. The molecule has 0 unspecified atom stereocenters. The molecule has 3 heterocycles. The van der Waals surface area contributed by atoms with Crippen LogP contribution in [0, 0.1) is 0 Å². The van der Waals surface area contributed by atoms with Crippen molar-refractivity contribution < 1.29 is 18.2 Å². The third kappa shape index (κ3) is 3.20. The van der Waals surface area contributed by atoms with Crippen LogP contribution < -0.4 is 5.32 Å². The van der Waals surface area contributed by atoms with Gasteiger partial charge in [-0.3, -0.25) is 4.79 Å². The molecule has 0 bridgehead atoms. The fraction of sp³-hybridized carbons (Fsp3) is 0.0556. The van der Waals surface area contributed by atoms with E-state index in [2.05, 4.69) is 15.5 Å². The maximum Gasteiger partial charge on any atom is 0.307 e. The van der Waals surface area contributed by atoms with E-state index in [0.29, 0.717) is 23.0 Å². The summed E-state index contributed by atoms with van der Waals surface area (Å²) in [4.78, 5) is 16.2. The van der Waals surface area contributed by atoms with Crippen molar-refractivity contribution in [3.8, 4) is 22.8 Å². The third-order valence-corrected chi connectivity index (χ3v) is 3.51. The number of hydrogen-bond donors (Lipinski definition) is 1. The SMILES string of the molecule is O=C(NCc1cc(-c2ccco2)on1)c1ncc(-c2ccccc2)o1. The molecule has 1 N–H and O–H groups in total. The number of nitrogens with zero attached hydrogens (tertiary/aromatic N) is 2. The first kappa shape index (κ1) is 14.9. The second-order valence-electron chi connectivity index (χ2n) is 5.24. The van der Waals surface area contributed by atoms with Gasteiger partial charge >= 0.3 is 5.91 Å². The molecule has 0 aliphatic rings. The summed E-state index contributed by atoms with van der Waals surface area (Å²) >= 11 is 0. The number of nitrogens with one attached hydrogen (secondary N) is 1. The van der Waals surface area contributed by atoms with Crippen LogP contribution in [0.3, 0.4) is 0 Å². The van der Waals surface area contributed by atoms with Gasteiger partial charge in [0.15, 0.2) is 11.5 Å². The molecule has 25 heavy (non-hydrogen) atoms. The van der Waals surface area contributed by atoms with Gasteiger partial charge in [0.05, 0.1) is 19.0 Å². The van der Waals surface area contributed by atoms with Crippen molar-refractivity contribution >= 4 is 5.91 Å². The predicted octanol–water partition coefficient (Wildman–Crippen LogP) is 3.52. The van der Waals surface area contributed by atoms with E-state index < -0.39 is 5.91 Å². The molecule has 7 heteroatoms. The molecule has 0 aliphatic heterocycles. The summed E-state index contributed by atoms with van der Waals surface area (Å²) in [7, 11) is 0. The Balaban J connectivity index is 1.40. The molecule has 0 fully saturated rings. The molecule has 0 aliphatic carbocycles. The van der Waals surface area contributed by atoms with Gasteiger partial charge in [0.1, 0.15) is 5.69 Å². The highest BCUT2D eigenvalue weighted by Gasteiger charge is 2.15. The van der Waals surface area contributed by atoms with Crippen LogP contribution in [-0.2, 0) is 6.54 Å². The lowest BCUT2D eigenvalue weighted by Crippen LogP contribution is -2.23. The molecular weight excluding hydrogens is 322 g/mol. The van der Waals surface area contributed by atoms with E-state index in [1.54, 1.807) is 24.5 Å². The zero-order valence-electron chi connectivity index (χ0n) is 13.0. The Labute approximate surface area is 142 Å².